The minimum Gasteiger partial charge on any atom is -0.485 e. The van der Waals surface area contributed by atoms with Gasteiger partial charge in [0, 0.05) is 12.6 Å². The van der Waals surface area contributed by atoms with Crippen molar-refractivity contribution >= 4 is 5.69 Å². The van der Waals surface area contributed by atoms with E-state index in [4.69, 9.17) is 9.26 Å². The fourth-order valence-electron chi connectivity index (χ4n) is 2.24. The summed E-state index contributed by atoms with van der Waals surface area (Å²) in [5.74, 6) is 1.70. The third-order valence-corrected chi connectivity index (χ3v) is 3.09. The topological polar surface area (TPSA) is 47.3 Å². The van der Waals surface area contributed by atoms with Gasteiger partial charge in [-0.15, -0.1) is 0 Å². The summed E-state index contributed by atoms with van der Waals surface area (Å²) >= 11 is 0. The SMILES string of the molecule is Cc1cc(COc2cccc3c2NCCC3)no1. The predicted octanol–water partition coefficient (Wildman–Crippen LogP) is 2.92. The first kappa shape index (κ1) is 11.1. The van der Waals surface area contributed by atoms with Crippen molar-refractivity contribution in [3.8, 4) is 5.75 Å². The summed E-state index contributed by atoms with van der Waals surface area (Å²) in [7, 11) is 0. The van der Waals surface area contributed by atoms with Gasteiger partial charge in [0.05, 0.1) is 5.69 Å². The molecule has 0 amide bonds. The van der Waals surface area contributed by atoms with Crippen LogP contribution >= 0.6 is 0 Å². The molecule has 1 aromatic carbocycles. The first-order valence-corrected chi connectivity index (χ1v) is 6.24. The molecule has 4 heteroatoms. The van der Waals surface area contributed by atoms with Crippen molar-refractivity contribution in [1.82, 2.24) is 5.16 Å². The molecule has 0 unspecified atom stereocenters. The van der Waals surface area contributed by atoms with E-state index in [9.17, 15) is 0 Å². The zero-order valence-electron chi connectivity index (χ0n) is 10.4. The number of anilines is 1. The summed E-state index contributed by atoms with van der Waals surface area (Å²) in [4.78, 5) is 0. The largest absolute Gasteiger partial charge is 0.485 e. The fraction of sp³-hybridized carbons (Fsp3) is 0.357. The van der Waals surface area contributed by atoms with E-state index in [0.29, 0.717) is 6.61 Å². The van der Waals surface area contributed by atoms with E-state index in [1.165, 1.54) is 12.0 Å². The summed E-state index contributed by atoms with van der Waals surface area (Å²) in [5, 5.41) is 7.33. The summed E-state index contributed by atoms with van der Waals surface area (Å²) in [5.41, 5.74) is 3.28. The molecule has 0 fully saturated rings. The second-order valence-corrected chi connectivity index (χ2v) is 4.54. The van der Waals surface area contributed by atoms with E-state index in [0.717, 1.165) is 35.9 Å². The molecule has 0 atom stereocenters. The molecule has 1 N–H and O–H groups in total. The number of aromatic nitrogens is 1. The molecule has 4 nitrogen and oxygen atoms in total. The third kappa shape index (κ3) is 2.18. The Labute approximate surface area is 106 Å². The molecule has 2 heterocycles. The van der Waals surface area contributed by atoms with Crippen LogP contribution in [0.4, 0.5) is 5.69 Å². The molecule has 1 aromatic heterocycles. The van der Waals surface area contributed by atoms with Gasteiger partial charge in [-0.1, -0.05) is 17.3 Å². The van der Waals surface area contributed by atoms with Crippen LogP contribution in [-0.4, -0.2) is 11.7 Å². The maximum Gasteiger partial charge on any atom is 0.143 e. The van der Waals surface area contributed by atoms with Crippen molar-refractivity contribution in [2.24, 2.45) is 0 Å². The number of para-hydroxylation sites is 1. The first-order valence-electron chi connectivity index (χ1n) is 6.24. The van der Waals surface area contributed by atoms with Gasteiger partial charge in [-0.3, -0.25) is 0 Å². The highest BCUT2D eigenvalue weighted by Gasteiger charge is 2.13. The number of nitrogens with zero attached hydrogens (tertiary/aromatic N) is 1. The average Bonchev–Trinajstić information content (AvgIpc) is 2.82. The number of aryl methyl sites for hydroxylation is 2. The van der Waals surface area contributed by atoms with Crippen LogP contribution in [0.5, 0.6) is 5.75 Å². The smallest absolute Gasteiger partial charge is 0.143 e. The van der Waals surface area contributed by atoms with E-state index in [-0.39, 0.29) is 0 Å². The van der Waals surface area contributed by atoms with Crippen LogP contribution in [0.3, 0.4) is 0 Å². The van der Waals surface area contributed by atoms with Crippen molar-refractivity contribution < 1.29 is 9.26 Å². The number of hydrogen-bond donors (Lipinski definition) is 1. The van der Waals surface area contributed by atoms with Gasteiger partial charge in [-0.2, -0.15) is 0 Å². The Balaban J connectivity index is 1.76. The van der Waals surface area contributed by atoms with Gasteiger partial charge in [0.25, 0.3) is 0 Å². The minimum absolute atomic E-state index is 0.440. The normalized spacial score (nSPS) is 13.8. The lowest BCUT2D eigenvalue weighted by Gasteiger charge is -2.20. The van der Waals surface area contributed by atoms with Gasteiger partial charge in [-0.05, 0) is 31.4 Å². The van der Waals surface area contributed by atoms with E-state index in [1.54, 1.807) is 0 Å². The highest BCUT2D eigenvalue weighted by Crippen LogP contribution is 2.32. The van der Waals surface area contributed by atoms with Gasteiger partial charge in [-0.25, -0.2) is 0 Å². The Kier molecular flexibility index (Phi) is 2.92. The molecule has 0 bridgehead atoms. The summed E-state index contributed by atoms with van der Waals surface area (Å²) in [6.45, 7) is 3.33. The number of benzene rings is 1. The Bertz CT molecular complexity index is 548. The van der Waals surface area contributed by atoms with E-state index < -0.39 is 0 Å². The molecular weight excluding hydrogens is 228 g/mol. The molecule has 0 aliphatic carbocycles. The number of fused-ring (bicyclic) bond motifs is 1. The van der Waals surface area contributed by atoms with Crippen molar-refractivity contribution in [2.75, 3.05) is 11.9 Å². The molecule has 0 spiro atoms. The summed E-state index contributed by atoms with van der Waals surface area (Å²) in [6.07, 6.45) is 2.29. The summed E-state index contributed by atoms with van der Waals surface area (Å²) < 4.78 is 10.8. The first-order chi connectivity index (χ1) is 8.83. The highest BCUT2D eigenvalue weighted by atomic mass is 16.5. The lowest BCUT2D eigenvalue weighted by atomic mass is 10.0. The van der Waals surface area contributed by atoms with E-state index in [1.807, 2.05) is 25.1 Å². The van der Waals surface area contributed by atoms with Crippen LogP contribution in [0, 0.1) is 6.92 Å². The molecular formula is C14H16N2O2. The second-order valence-electron chi connectivity index (χ2n) is 4.54. The van der Waals surface area contributed by atoms with Gasteiger partial charge >= 0.3 is 0 Å². The number of ether oxygens (including phenoxy) is 1. The molecule has 18 heavy (non-hydrogen) atoms. The second kappa shape index (κ2) is 4.72. The summed E-state index contributed by atoms with van der Waals surface area (Å²) in [6, 6.07) is 8.07. The maximum absolute atomic E-state index is 5.82. The van der Waals surface area contributed by atoms with Crippen molar-refractivity contribution in [3.63, 3.8) is 0 Å². The lowest BCUT2D eigenvalue weighted by Crippen LogP contribution is -2.13. The van der Waals surface area contributed by atoms with Gasteiger partial charge in [0.1, 0.15) is 23.8 Å². The Hall–Kier alpha value is -1.97. The van der Waals surface area contributed by atoms with Gasteiger partial charge in [0.2, 0.25) is 0 Å². The van der Waals surface area contributed by atoms with Crippen molar-refractivity contribution in [3.05, 3.63) is 41.3 Å². The Morgan fingerprint density at radius 3 is 3.22 bits per heavy atom. The lowest BCUT2D eigenvalue weighted by molar-refractivity contribution is 0.288. The van der Waals surface area contributed by atoms with E-state index in [2.05, 4.69) is 16.5 Å². The standard InChI is InChI=1S/C14H16N2O2/c1-10-8-12(16-18-10)9-17-13-6-2-4-11-5-3-7-15-14(11)13/h2,4,6,8,15H,3,5,7,9H2,1H3. The van der Waals surface area contributed by atoms with Crippen LogP contribution in [0.25, 0.3) is 0 Å². The maximum atomic E-state index is 5.82. The van der Waals surface area contributed by atoms with Crippen LogP contribution in [0.15, 0.2) is 28.8 Å². The Morgan fingerprint density at radius 1 is 1.44 bits per heavy atom. The van der Waals surface area contributed by atoms with Gasteiger partial charge < -0.3 is 14.6 Å². The number of nitrogens with one attached hydrogen (secondary N) is 1. The molecule has 0 saturated heterocycles. The third-order valence-electron chi connectivity index (χ3n) is 3.09. The zero-order valence-corrected chi connectivity index (χ0v) is 10.4. The predicted molar refractivity (Wildman–Crippen MR) is 68.8 cm³/mol. The van der Waals surface area contributed by atoms with E-state index >= 15 is 0 Å². The molecule has 1 aliphatic rings. The number of rotatable bonds is 3. The molecule has 3 rings (SSSR count). The van der Waals surface area contributed by atoms with Crippen LogP contribution in [0.2, 0.25) is 0 Å². The Morgan fingerprint density at radius 2 is 2.39 bits per heavy atom. The molecule has 0 radical (unpaired) electrons. The molecule has 2 aromatic rings. The van der Waals surface area contributed by atoms with Crippen molar-refractivity contribution in [1.29, 1.82) is 0 Å². The van der Waals surface area contributed by atoms with Crippen LogP contribution in [-0.2, 0) is 13.0 Å². The minimum atomic E-state index is 0.440. The quantitative estimate of drug-likeness (QED) is 0.901. The van der Waals surface area contributed by atoms with Crippen LogP contribution < -0.4 is 10.1 Å². The fourth-order valence-corrected chi connectivity index (χ4v) is 2.24. The zero-order chi connectivity index (χ0) is 12.4. The van der Waals surface area contributed by atoms with Crippen LogP contribution in [0.1, 0.15) is 23.4 Å². The highest BCUT2D eigenvalue weighted by molar-refractivity contribution is 5.63. The average molecular weight is 244 g/mol. The molecule has 1 aliphatic heterocycles. The monoisotopic (exact) mass is 244 g/mol. The van der Waals surface area contributed by atoms with Crippen molar-refractivity contribution in [2.45, 2.75) is 26.4 Å². The molecule has 94 valence electrons. The number of hydrogen-bond acceptors (Lipinski definition) is 4. The molecule has 0 saturated carbocycles. The van der Waals surface area contributed by atoms with Gasteiger partial charge in [0.15, 0.2) is 0 Å².